The smallest absolute Gasteiger partial charge is 0.139 e. The molecule has 0 aliphatic rings. The number of thiazole rings is 1. The SMILES string of the molecule is Cc1csc(-c2cc3c(N)ccc(C)c3[nH]2)n1. The number of nitrogens with two attached hydrogens (primary N) is 1. The summed E-state index contributed by atoms with van der Waals surface area (Å²) in [7, 11) is 0. The second kappa shape index (κ2) is 3.60. The average molecular weight is 243 g/mol. The molecular weight excluding hydrogens is 230 g/mol. The van der Waals surface area contributed by atoms with Gasteiger partial charge in [0, 0.05) is 22.1 Å². The molecule has 0 fully saturated rings. The van der Waals surface area contributed by atoms with E-state index in [4.69, 9.17) is 5.73 Å². The molecule has 0 aliphatic carbocycles. The van der Waals surface area contributed by atoms with Crippen molar-refractivity contribution in [1.29, 1.82) is 0 Å². The minimum Gasteiger partial charge on any atom is -0.398 e. The third kappa shape index (κ3) is 1.61. The first kappa shape index (κ1) is 10.4. The van der Waals surface area contributed by atoms with Crippen LogP contribution >= 0.6 is 11.3 Å². The van der Waals surface area contributed by atoms with Crippen LogP contribution in [-0.4, -0.2) is 9.97 Å². The number of anilines is 1. The van der Waals surface area contributed by atoms with Gasteiger partial charge in [-0.1, -0.05) is 6.07 Å². The minimum absolute atomic E-state index is 0.807. The monoisotopic (exact) mass is 243 g/mol. The number of fused-ring (bicyclic) bond motifs is 1. The van der Waals surface area contributed by atoms with Crippen molar-refractivity contribution in [1.82, 2.24) is 9.97 Å². The third-order valence-electron chi connectivity index (χ3n) is 2.89. The number of aromatic amines is 1. The molecule has 0 unspecified atom stereocenters. The van der Waals surface area contributed by atoms with Crippen LogP contribution in [0.4, 0.5) is 5.69 Å². The van der Waals surface area contributed by atoms with Crippen molar-refractivity contribution < 1.29 is 0 Å². The summed E-state index contributed by atoms with van der Waals surface area (Å²) in [6.07, 6.45) is 0. The van der Waals surface area contributed by atoms with Crippen LogP contribution in [0.25, 0.3) is 21.6 Å². The van der Waals surface area contributed by atoms with Gasteiger partial charge in [0.15, 0.2) is 0 Å². The van der Waals surface area contributed by atoms with Gasteiger partial charge in [-0.25, -0.2) is 4.98 Å². The summed E-state index contributed by atoms with van der Waals surface area (Å²) in [5.74, 6) is 0. The van der Waals surface area contributed by atoms with Gasteiger partial charge < -0.3 is 10.7 Å². The van der Waals surface area contributed by atoms with Gasteiger partial charge in [-0.05, 0) is 31.5 Å². The number of H-pyrrole nitrogens is 1. The number of hydrogen-bond acceptors (Lipinski definition) is 3. The molecule has 0 atom stereocenters. The lowest BCUT2D eigenvalue weighted by Gasteiger charge is -1.98. The van der Waals surface area contributed by atoms with Gasteiger partial charge >= 0.3 is 0 Å². The molecule has 3 aromatic rings. The van der Waals surface area contributed by atoms with Crippen LogP contribution in [0.5, 0.6) is 0 Å². The molecule has 2 aromatic heterocycles. The Kier molecular flexibility index (Phi) is 2.19. The highest BCUT2D eigenvalue weighted by Crippen LogP contribution is 2.31. The molecular formula is C13H13N3S. The number of nitrogens with one attached hydrogen (secondary N) is 1. The summed E-state index contributed by atoms with van der Waals surface area (Å²) in [5, 5.41) is 4.14. The standard InChI is InChI=1S/C13H13N3S/c1-7-3-4-10(14)9-5-11(16-12(7)9)13-15-8(2)6-17-13/h3-6,16H,14H2,1-2H3. The van der Waals surface area contributed by atoms with E-state index in [0.717, 1.165) is 33.0 Å². The Hall–Kier alpha value is -1.81. The van der Waals surface area contributed by atoms with Gasteiger partial charge in [0.1, 0.15) is 5.01 Å². The van der Waals surface area contributed by atoms with E-state index in [-0.39, 0.29) is 0 Å². The molecule has 17 heavy (non-hydrogen) atoms. The van der Waals surface area contributed by atoms with E-state index in [1.807, 2.05) is 19.1 Å². The van der Waals surface area contributed by atoms with E-state index >= 15 is 0 Å². The molecule has 0 amide bonds. The van der Waals surface area contributed by atoms with E-state index in [2.05, 4.69) is 28.3 Å². The van der Waals surface area contributed by atoms with Crippen molar-refractivity contribution in [3.8, 4) is 10.7 Å². The van der Waals surface area contributed by atoms with E-state index in [1.165, 1.54) is 5.56 Å². The fourth-order valence-electron chi connectivity index (χ4n) is 1.97. The Morgan fingerprint density at radius 2 is 2.12 bits per heavy atom. The van der Waals surface area contributed by atoms with Crippen molar-refractivity contribution in [2.45, 2.75) is 13.8 Å². The highest BCUT2D eigenvalue weighted by Gasteiger charge is 2.09. The Morgan fingerprint density at radius 1 is 1.29 bits per heavy atom. The molecule has 0 radical (unpaired) electrons. The zero-order valence-corrected chi connectivity index (χ0v) is 10.6. The summed E-state index contributed by atoms with van der Waals surface area (Å²) in [5.41, 5.74) is 11.2. The van der Waals surface area contributed by atoms with Crippen molar-refractivity contribution in [2.75, 3.05) is 5.73 Å². The van der Waals surface area contributed by atoms with E-state index < -0.39 is 0 Å². The van der Waals surface area contributed by atoms with Gasteiger partial charge in [0.2, 0.25) is 0 Å². The van der Waals surface area contributed by atoms with Crippen LogP contribution in [0, 0.1) is 13.8 Å². The highest BCUT2D eigenvalue weighted by molar-refractivity contribution is 7.13. The molecule has 0 aliphatic heterocycles. The van der Waals surface area contributed by atoms with Gasteiger partial charge in [0.25, 0.3) is 0 Å². The number of hydrogen-bond donors (Lipinski definition) is 2. The first-order chi connectivity index (χ1) is 8.15. The fraction of sp³-hybridized carbons (Fsp3) is 0.154. The zero-order valence-electron chi connectivity index (χ0n) is 9.74. The molecule has 4 heteroatoms. The number of benzene rings is 1. The summed E-state index contributed by atoms with van der Waals surface area (Å²) < 4.78 is 0. The predicted octanol–water partition coefficient (Wildman–Crippen LogP) is 3.49. The molecule has 2 heterocycles. The van der Waals surface area contributed by atoms with Gasteiger partial charge in [0.05, 0.1) is 11.2 Å². The first-order valence-electron chi connectivity index (χ1n) is 5.45. The molecule has 3 nitrogen and oxygen atoms in total. The lowest BCUT2D eigenvalue weighted by molar-refractivity contribution is 1.25. The second-order valence-corrected chi connectivity index (χ2v) is 5.10. The molecule has 0 spiro atoms. The average Bonchev–Trinajstić information content (AvgIpc) is 2.90. The summed E-state index contributed by atoms with van der Waals surface area (Å²) in [6, 6.07) is 6.06. The van der Waals surface area contributed by atoms with Crippen LogP contribution in [0.3, 0.4) is 0 Å². The van der Waals surface area contributed by atoms with Crippen molar-refractivity contribution in [2.24, 2.45) is 0 Å². The molecule has 0 saturated heterocycles. The molecule has 0 saturated carbocycles. The molecule has 86 valence electrons. The molecule has 0 bridgehead atoms. The number of nitrogens with zero attached hydrogens (tertiary/aromatic N) is 1. The second-order valence-electron chi connectivity index (χ2n) is 4.24. The number of nitrogen functional groups attached to an aromatic ring is 1. The molecule has 3 rings (SSSR count). The van der Waals surface area contributed by atoms with Crippen molar-refractivity contribution in [3.05, 3.63) is 34.8 Å². The van der Waals surface area contributed by atoms with E-state index in [0.29, 0.717) is 0 Å². The van der Waals surface area contributed by atoms with Crippen LogP contribution in [0.1, 0.15) is 11.3 Å². The predicted molar refractivity (Wildman–Crippen MR) is 73.3 cm³/mol. The normalized spacial score (nSPS) is 11.2. The van der Waals surface area contributed by atoms with Gasteiger partial charge in [-0.3, -0.25) is 0 Å². The fourth-order valence-corrected chi connectivity index (χ4v) is 2.74. The molecule has 3 N–H and O–H groups in total. The highest BCUT2D eigenvalue weighted by atomic mass is 32.1. The van der Waals surface area contributed by atoms with Crippen LogP contribution < -0.4 is 5.73 Å². The Balaban J connectivity index is 2.26. The van der Waals surface area contributed by atoms with Crippen molar-refractivity contribution >= 4 is 27.9 Å². The Morgan fingerprint density at radius 3 is 2.76 bits per heavy atom. The maximum absolute atomic E-state index is 5.98. The topological polar surface area (TPSA) is 54.7 Å². The lowest BCUT2D eigenvalue weighted by Crippen LogP contribution is -1.86. The van der Waals surface area contributed by atoms with Crippen LogP contribution in [0.2, 0.25) is 0 Å². The van der Waals surface area contributed by atoms with Gasteiger partial charge in [-0.15, -0.1) is 11.3 Å². The van der Waals surface area contributed by atoms with Gasteiger partial charge in [-0.2, -0.15) is 0 Å². The lowest BCUT2D eigenvalue weighted by atomic mass is 10.1. The minimum atomic E-state index is 0.807. The Labute approximate surface area is 103 Å². The Bertz CT molecular complexity index is 655. The van der Waals surface area contributed by atoms with Crippen molar-refractivity contribution in [3.63, 3.8) is 0 Å². The van der Waals surface area contributed by atoms with E-state index in [9.17, 15) is 0 Å². The molecule has 1 aromatic carbocycles. The summed E-state index contributed by atoms with van der Waals surface area (Å²) in [6.45, 7) is 4.08. The first-order valence-corrected chi connectivity index (χ1v) is 6.33. The number of aromatic nitrogens is 2. The number of rotatable bonds is 1. The third-order valence-corrected chi connectivity index (χ3v) is 3.88. The maximum atomic E-state index is 5.98. The van der Waals surface area contributed by atoms with E-state index in [1.54, 1.807) is 11.3 Å². The summed E-state index contributed by atoms with van der Waals surface area (Å²) >= 11 is 1.65. The summed E-state index contributed by atoms with van der Waals surface area (Å²) in [4.78, 5) is 7.88. The van der Waals surface area contributed by atoms with Crippen LogP contribution in [0.15, 0.2) is 23.6 Å². The largest absolute Gasteiger partial charge is 0.398 e. The van der Waals surface area contributed by atoms with Crippen LogP contribution in [-0.2, 0) is 0 Å². The number of aryl methyl sites for hydroxylation is 2. The zero-order chi connectivity index (χ0) is 12.0. The quantitative estimate of drug-likeness (QED) is 0.643. The maximum Gasteiger partial charge on any atom is 0.139 e.